The molecule has 0 bridgehead atoms. The Balaban J connectivity index is 1.62. The highest BCUT2D eigenvalue weighted by Gasteiger charge is 2.09. The summed E-state index contributed by atoms with van der Waals surface area (Å²) in [5.74, 6) is 1.84. The molecule has 0 aliphatic carbocycles. The van der Waals surface area contributed by atoms with Crippen LogP contribution in [-0.4, -0.2) is 10.1 Å². The highest BCUT2D eigenvalue weighted by Crippen LogP contribution is 2.28. The summed E-state index contributed by atoms with van der Waals surface area (Å²) in [6.45, 7) is 0.238. The van der Waals surface area contributed by atoms with Crippen LogP contribution in [0, 0.1) is 0 Å². The average molecular weight is 424 g/mol. The molecule has 112 valence electrons. The summed E-state index contributed by atoms with van der Waals surface area (Å²) < 4.78 is 12.7. The van der Waals surface area contributed by atoms with Gasteiger partial charge in [-0.25, -0.2) is 0 Å². The summed E-state index contributed by atoms with van der Waals surface area (Å²) in [5, 5.41) is 3.97. The standard InChI is InChI=1S/C16H12Br2N2O2/c17-12-6-7-14(13(18)9-12)21-10-16-19-15(20-22-16)8-11-4-2-1-3-5-11/h1-7,9H,8,10H2. The minimum absolute atomic E-state index is 0.238. The van der Waals surface area contributed by atoms with Crippen LogP contribution in [0.4, 0.5) is 0 Å². The van der Waals surface area contributed by atoms with Gasteiger partial charge in [-0.2, -0.15) is 4.98 Å². The molecule has 0 saturated carbocycles. The lowest BCUT2D eigenvalue weighted by Crippen LogP contribution is -1.97. The van der Waals surface area contributed by atoms with Crippen molar-refractivity contribution in [3.05, 3.63) is 74.8 Å². The fourth-order valence-electron chi connectivity index (χ4n) is 1.93. The lowest BCUT2D eigenvalue weighted by molar-refractivity contribution is 0.241. The van der Waals surface area contributed by atoms with Gasteiger partial charge in [0.05, 0.1) is 4.47 Å². The highest BCUT2D eigenvalue weighted by molar-refractivity contribution is 9.11. The molecule has 0 spiro atoms. The zero-order valence-corrected chi connectivity index (χ0v) is 14.7. The van der Waals surface area contributed by atoms with Gasteiger partial charge in [0.1, 0.15) is 5.75 Å². The number of halogens is 2. The number of hydrogen-bond acceptors (Lipinski definition) is 4. The van der Waals surface area contributed by atoms with Crippen LogP contribution in [0.3, 0.4) is 0 Å². The highest BCUT2D eigenvalue weighted by atomic mass is 79.9. The third-order valence-corrected chi connectivity index (χ3v) is 4.07. The smallest absolute Gasteiger partial charge is 0.264 e. The second-order valence-electron chi connectivity index (χ2n) is 4.63. The summed E-state index contributed by atoms with van der Waals surface area (Å²) in [4.78, 5) is 4.34. The van der Waals surface area contributed by atoms with Gasteiger partial charge in [0, 0.05) is 10.9 Å². The Labute approximate surface area is 144 Å². The SMILES string of the molecule is Brc1ccc(OCc2nc(Cc3ccccc3)no2)c(Br)c1. The summed E-state index contributed by atoms with van der Waals surface area (Å²) in [6, 6.07) is 15.7. The molecular weight excluding hydrogens is 412 g/mol. The summed E-state index contributed by atoms with van der Waals surface area (Å²) in [6.07, 6.45) is 0.645. The summed E-state index contributed by atoms with van der Waals surface area (Å²) in [5.41, 5.74) is 1.14. The van der Waals surface area contributed by atoms with E-state index in [1.165, 1.54) is 0 Å². The van der Waals surface area contributed by atoms with Crippen molar-refractivity contribution in [1.29, 1.82) is 0 Å². The van der Waals surface area contributed by atoms with Crippen molar-refractivity contribution in [3.8, 4) is 5.75 Å². The predicted octanol–water partition coefficient (Wildman–Crippen LogP) is 4.76. The topological polar surface area (TPSA) is 48.2 Å². The first-order valence-electron chi connectivity index (χ1n) is 6.64. The van der Waals surface area contributed by atoms with Gasteiger partial charge >= 0.3 is 0 Å². The van der Waals surface area contributed by atoms with Crippen LogP contribution in [0.15, 0.2) is 62.0 Å². The summed E-state index contributed by atoms with van der Waals surface area (Å²) >= 11 is 6.85. The zero-order chi connectivity index (χ0) is 15.4. The molecule has 0 fully saturated rings. The van der Waals surface area contributed by atoms with Gasteiger partial charge in [-0.15, -0.1) is 0 Å². The molecule has 0 radical (unpaired) electrons. The van der Waals surface area contributed by atoms with E-state index in [1.807, 2.05) is 48.5 Å². The van der Waals surface area contributed by atoms with Crippen molar-refractivity contribution >= 4 is 31.9 Å². The van der Waals surface area contributed by atoms with E-state index in [0.29, 0.717) is 18.1 Å². The van der Waals surface area contributed by atoms with Gasteiger partial charge in [-0.05, 0) is 39.7 Å². The van der Waals surface area contributed by atoms with E-state index in [1.54, 1.807) is 0 Å². The molecule has 0 unspecified atom stereocenters. The number of hydrogen-bond donors (Lipinski definition) is 0. The van der Waals surface area contributed by atoms with Gasteiger partial charge in [-0.3, -0.25) is 0 Å². The maximum Gasteiger partial charge on any atom is 0.264 e. The zero-order valence-electron chi connectivity index (χ0n) is 11.5. The van der Waals surface area contributed by atoms with Gasteiger partial charge < -0.3 is 9.26 Å². The molecule has 1 heterocycles. The van der Waals surface area contributed by atoms with Crippen LogP contribution in [0.5, 0.6) is 5.75 Å². The van der Waals surface area contributed by atoms with E-state index >= 15 is 0 Å². The minimum Gasteiger partial charge on any atom is -0.483 e. The van der Waals surface area contributed by atoms with E-state index in [2.05, 4.69) is 42.0 Å². The number of nitrogens with zero attached hydrogens (tertiary/aromatic N) is 2. The van der Waals surface area contributed by atoms with E-state index in [9.17, 15) is 0 Å². The Morgan fingerprint density at radius 2 is 1.86 bits per heavy atom. The second kappa shape index (κ2) is 7.07. The summed E-state index contributed by atoms with van der Waals surface area (Å²) in [7, 11) is 0. The van der Waals surface area contributed by atoms with Crippen molar-refractivity contribution in [2.24, 2.45) is 0 Å². The van der Waals surface area contributed by atoms with Gasteiger partial charge in [0.25, 0.3) is 5.89 Å². The Morgan fingerprint density at radius 3 is 2.64 bits per heavy atom. The average Bonchev–Trinajstić information content (AvgIpc) is 2.95. The Hall–Kier alpha value is -1.66. The van der Waals surface area contributed by atoms with Gasteiger partial charge in [0.2, 0.25) is 0 Å². The van der Waals surface area contributed by atoms with Crippen molar-refractivity contribution in [2.45, 2.75) is 13.0 Å². The fourth-order valence-corrected chi connectivity index (χ4v) is 3.09. The van der Waals surface area contributed by atoms with Crippen molar-refractivity contribution in [3.63, 3.8) is 0 Å². The first-order valence-corrected chi connectivity index (χ1v) is 8.22. The van der Waals surface area contributed by atoms with Crippen LogP contribution in [0.1, 0.15) is 17.3 Å². The Morgan fingerprint density at radius 1 is 1.05 bits per heavy atom. The van der Waals surface area contributed by atoms with Gasteiger partial charge in [0.15, 0.2) is 12.4 Å². The fraction of sp³-hybridized carbons (Fsp3) is 0.125. The predicted molar refractivity (Wildman–Crippen MR) is 89.7 cm³/mol. The molecule has 0 N–H and O–H groups in total. The molecule has 0 aliphatic heterocycles. The third-order valence-electron chi connectivity index (χ3n) is 2.96. The molecule has 3 rings (SSSR count). The van der Waals surface area contributed by atoms with Gasteiger partial charge in [-0.1, -0.05) is 51.4 Å². The molecule has 0 saturated heterocycles. The first kappa shape index (κ1) is 15.2. The van der Waals surface area contributed by atoms with E-state index < -0.39 is 0 Å². The van der Waals surface area contributed by atoms with Crippen LogP contribution in [-0.2, 0) is 13.0 Å². The molecule has 6 heteroatoms. The Kier molecular flexibility index (Phi) is 4.90. The second-order valence-corrected chi connectivity index (χ2v) is 6.40. The quantitative estimate of drug-likeness (QED) is 0.593. The number of aromatic nitrogens is 2. The maximum absolute atomic E-state index is 5.68. The third kappa shape index (κ3) is 3.96. The molecule has 22 heavy (non-hydrogen) atoms. The molecule has 0 aliphatic rings. The normalized spacial score (nSPS) is 10.6. The van der Waals surface area contributed by atoms with Crippen molar-refractivity contribution < 1.29 is 9.26 Å². The van der Waals surface area contributed by atoms with Crippen LogP contribution in [0.25, 0.3) is 0 Å². The van der Waals surface area contributed by atoms with E-state index in [-0.39, 0.29) is 6.61 Å². The number of ether oxygens (including phenoxy) is 1. The van der Waals surface area contributed by atoms with Crippen LogP contribution in [0.2, 0.25) is 0 Å². The van der Waals surface area contributed by atoms with E-state index in [4.69, 9.17) is 9.26 Å². The lowest BCUT2D eigenvalue weighted by atomic mass is 10.1. The minimum atomic E-state index is 0.238. The molecule has 3 aromatic rings. The largest absolute Gasteiger partial charge is 0.483 e. The van der Waals surface area contributed by atoms with Crippen molar-refractivity contribution in [1.82, 2.24) is 10.1 Å². The molecule has 2 aromatic carbocycles. The van der Waals surface area contributed by atoms with E-state index in [0.717, 1.165) is 20.3 Å². The Bertz CT molecular complexity index is 760. The molecule has 0 amide bonds. The number of benzene rings is 2. The van der Waals surface area contributed by atoms with Crippen molar-refractivity contribution in [2.75, 3.05) is 0 Å². The number of rotatable bonds is 5. The van der Waals surface area contributed by atoms with Crippen LogP contribution < -0.4 is 4.74 Å². The molecule has 4 nitrogen and oxygen atoms in total. The molecule has 1 aromatic heterocycles. The van der Waals surface area contributed by atoms with Crippen LogP contribution >= 0.6 is 31.9 Å². The maximum atomic E-state index is 5.68. The molecular formula is C16H12Br2N2O2. The monoisotopic (exact) mass is 422 g/mol. The molecule has 0 atom stereocenters. The lowest BCUT2D eigenvalue weighted by Gasteiger charge is -2.05. The first-order chi connectivity index (χ1) is 10.7.